The lowest BCUT2D eigenvalue weighted by Gasteiger charge is -2.34. The maximum atomic E-state index is 13.8. The van der Waals surface area contributed by atoms with Crippen molar-refractivity contribution in [3.8, 4) is 0 Å². The third-order valence-corrected chi connectivity index (χ3v) is 7.18. The second kappa shape index (κ2) is 7.12. The first kappa shape index (κ1) is 19.3. The Kier molecular flexibility index (Phi) is 4.92. The Hall–Kier alpha value is -1.98. The largest absolute Gasteiger partial charge is 0.315 e. The number of aryl methyl sites for hydroxylation is 1. The van der Waals surface area contributed by atoms with Gasteiger partial charge in [0.2, 0.25) is 5.91 Å². The van der Waals surface area contributed by atoms with E-state index in [0.29, 0.717) is 18.1 Å². The summed E-state index contributed by atoms with van der Waals surface area (Å²) < 4.78 is 0. The maximum Gasteiger partial charge on any atom is 0.268 e. The molecule has 2 aromatic rings. The van der Waals surface area contributed by atoms with Crippen molar-refractivity contribution in [1.82, 2.24) is 4.90 Å². The molecule has 28 heavy (non-hydrogen) atoms. The number of halogens is 1. The van der Waals surface area contributed by atoms with E-state index in [1.165, 1.54) is 0 Å². The van der Waals surface area contributed by atoms with Gasteiger partial charge in [-0.15, -0.1) is 11.8 Å². The summed E-state index contributed by atoms with van der Waals surface area (Å²) in [6.07, 6.45) is 0. The highest BCUT2D eigenvalue weighted by atomic mass is 35.5. The molecule has 0 radical (unpaired) electrons. The van der Waals surface area contributed by atoms with Crippen LogP contribution in [0.2, 0.25) is 5.02 Å². The van der Waals surface area contributed by atoms with E-state index in [0.717, 1.165) is 28.1 Å². The average Bonchev–Trinajstić information content (AvgIpc) is 3.20. The van der Waals surface area contributed by atoms with Gasteiger partial charge in [-0.05, 0) is 24.6 Å². The zero-order valence-corrected chi connectivity index (χ0v) is 17.8. The van der Waals surface area contributed by atoms with Crippen molar-refractivity contribution in [2.24, 2.45) is 5.92 Å². The standard InChI is InChI=1S/C22H23ClN2O2S/c1-14(2)20(26)25-10-11-28-22(25)17-12-15(3)8-9-19(17)24(21(22)27)13-16-6-4-5-7-18(16)23/h4-9,12,14H,10-11,13H2,1-3H3/t22-/m0/s1. The van der Waals surface area contributed by atoms with E-state index >= 15 is 0 Å². The van der Waals surface area contributed by atoms with Crippen LogP contribution >= 0.6 is 23.4 Å². The second-order valence-corrected chi connectivity index (χ2v) is 9.34. The SMILES string of the molecule is Cc1ccc2c(c1)[C@]1(SCCN1C(=O)C(C)C)C(=O)N2Cc1ccccc1Cl. The van der Waals surface area contributed by atoms with Crippen LogP contribution in [0.3, 0.4) is 0 Å². The van der Waals surface area contributed by atoms with Crippen LogP contribution < -0.4 is 4.90 Å². The highest BCUT2D eigenvalue weighted by molar-refractivity contribution is 8.01. The van der Waals surface area contributed by atoms with E-state index in [9.17, 15) is 9.59 Å². The Balaban J connectivity index is 1.84. The van der Waals surface area contributed by atoms with Gasteiger partial charge in [-0.25, -0.2) is 0 Å². The predicted molar refractivity (Wildman–Crippen MR) is 115 cm³/mol. The van der Waals surface area contributed by atoms with Crippen LogP contribution in [0.5, 0.6) is 0 Å². The van der Waals surface area contributed by atoms with Crippen LogP contribution in [0.4, 0.5) is 5.69 Å². The molecular weight excluding hydrogens is 392 g/mol. The van der Waals surface area contributed by atoms with Crippen molar-refractivity contribution in [2.45, 2.75) is 32.2 Å². The van der Waals surface area contributed by atoms with Gasteiger partial charge in [0.25, 0.3) is 5.91 Å². The quantitative estimate of drug-likeness (QED) is 0.738. The third-order valence-electron chi connectivity index (χ3n) is 5.40. The third kappa shape index (κ3) is 2.83. The molecule has 0 N–H and O–H groups in total. The highest BCUT2D eigenvalue weighted by Gasteiger charge is 2.59. The lowest BCUT2D eigenvalue weighted by atomic mass is 10.0. The number of benzene rings is 2. The zero-order valence-electron chi connectivity index (χ0n) is 16.2. The molecule has 6 heteroatoms. The molecule has 0 bridgehead atoms. The lowest BCUT2D eigenvalue weighted by molar-refractivity contribution is -0.142. The first-order chi connectivity index (χ1) is 13.4. The van der Waals surface area contributed by atoms with E-state index in [1.807, 2.05) is 57.2 Å². The second-order valence-electron chi connectivity index (χ2n) is 7.64. The van der Waals surface area contributed by atoms with E-state index in [4.69, 9.17) is 11.6 Å². The summed E-state index contributed by atoms with van der Waals surface area (Å²) in [5.41, 5.74) is 3.76. The molecule has 0 unspecified atom stereocenters. The molecule has 4 rings (SSSR count). The predicted octanol–water partition coefficient (Wildman–Crippen LogP) is 4.58. The van der Waals surface area contributed by atoms with Crippen LogP contribution in [0.25, 0.3) is 0 Å². The van der Waals surface area contributed by atoms with Gasteiger partial charge in [-0.1, -0.05) is 61.3 Å². The number of anilines is 1. The van der Waals surface area contributed by atoms with Gasteiger partial charge >= 0.3 is 0 Å². The summed E-state index contributed by atoms with van der Waals surface area (Å²) in [5, 5.41) is 0.638. The fraction of sp³-hybridized carbons (Fsp3) is 0.364. The first-order valence-electron chi connectivity index (χ1n) is 9.48. The Morgan fingerprint density at radius 2 is 2.00 bits per heavy atom. The van der Waals surface area contributed by atoms with E-state index in [1.54, 1.807) is 21.6 Å². The van der Waals surface area contributed by atoms with E-state index in [2.05, 4.69) is 6.07 Å². The summed E-state index contributed by atoms with van der Waals surface area (Å²) >= 11 is 7.93. The van der Waals surface area contributed by atoms with Gasteiger partial charge < -0.3 is 9.80 Å². The Labute approximate surface area is 174 Å². The summed E-state index contributed by atoms with van der Waals surface area (Å²) in [6, 6.07) is 13.6. The number of thioether (sulfide) groups is 1. The minimum atomic E-state index is -0.968. The summed E-state index contributed by atoms with van der Waals surface area (Å²) in [7, 11) is 0. The molecular formula is C22H23ClN2O2S. The number of fused-ring (bicyclic) bond motifs is 2. The number of carbonyl (C=O) groups is 2. The molecule has 0 saturated carbocycles. The molecule has 4 nitrogen and oxygen atoms in total. The number of nitrogens with zero attached hydrogens (tertiary/aromatic N) is 2. The molecule has 2 amide bonds. The monoisotopic (exact) mass is 414 g/mol. The molecule has 2 aliphatic heterocycles. The minimum Gasteiger partial charge on any atom is -0.315 e. The van der Waals surface area contributed by atoms with Gasteiger partial charge in [0.15, 0.2) is 4.87 Å². The molecule has 1 atom stereocenters. The average molecular weight is 415 g/mol. The van der Waals surface area contributed by atoms with Crippen molar-refractivity contribution < 1.29 is 9.59 Å². The lowest BCUT2D eigenvalue weighted by Crippen LogP contribution is -2.51. The van der Waals surface area contributed by atoms with Gasteiger partial charge in [0, 0.05) is 28.8 Å². The Bertz CT molecular complexity index is 961. The topological polar surface area (TPSA) is 40.6 Å². The Morgan fingerprint density at radius 1 is 1.25 bits per heavy atom. The van der Waals surface area contributed by atoms with Gasteiger partial charge in [-0.2, -0.15) is 0 Å². The molecule has 1 fully saturated rings. The van der Waals surface area contributed by atoms with Crippen molar-refractivity contribution in [3.05, 3.63) is 64.2 Å². The van der Waals surface area contributed by atoms with Gasteiger partial charge in [0.1, 0.15) is 0 Å². The number of carbonyl (C=O) groups excluding carboxylic acids is 2. The molecule has 1 spiro atoms. The van der Waals surface area contributed by atoms with Crippen molar-refractivity contribution >= 4 is 40.9 Å². The van der Waals surface area contributed by atoms with Crippen LogP contribution in [0.1, 0.15) is 30.5 Å². The number of hydrogen-bond donors (Lipinski definition) is 0. The fourth-order valence-corrected chi connectivity index (χ4v) is 5.67. The fourth-order valence-electron chi connectivity index (χ4n) is 4.02. The molecule has 146 valence electrons. The smallest absolute Gasteiger partial charge is 0.268 e. The van der Waals surface area contributed by atoms with Gasteiger partial charge in [-0.3, -0.25) is 9.59 Å². The summed E-state index contributed by atoms with van der Waals surface area (Å²) in [4.78, 5) is 29.4. The zero-order chi connectivity index (χ0) is 20.1. The number of hydrogen-bond acceptors (Lipinski definition) is 3. The normalized spacial score (nSPS) is 21.1. The van der Waals surface area contributed by atoms with E-state index < -0.39 is 4.87 Å². The Morgan fingerprint density at radius 3 is 2.71 bits per heavy atom. The van der Waals surface area contributed by atoms with Crippen molar-refractivity contribution in [1.29, 1.82) is 0 Å². The molecule has 2 aromatic carbocycles. The number of rotatable bonds is 3. The molecule has 0 aliphatic carbocycles. The maximum absolute atomic E-state index is 13.8. The molecule has 0 aromatic heterocycles. The van der Waals surface area contributed by atoms with Crippen LogP contribution in [-0.4, -0.2) is 29.0 Å². The van der Waals surface area contributed by atoms with Gasteiger partial charge in [0.05, 0.1) is 12.2 Å². The van der Waals surface area contributed by atoms with Crippen LogP contribution in [0, 0.1) is 12.8 Å². The molecule has 2 aliphatic rings. The van der Waals surface area contributed by atoms with Crippen molar-refractivity contribution in [3.63, 3.8) is 0 Å². The number of amides is 2. The highest BCUT2D eigenvalue weighted by Crippen LogP contribution is 2.55. The van der Waals surface area contributed by atoms with E-state index in [-0.39, 0.29) is 17.7 Å². The summed E-state index contributed by atoms with van der Waals surface area (Å²) in [6.45, 7) is 6.76. The molecule has 2 heterocycles. The minimum absolute atomic E-state index is 0.0189. The van der Waals surface area contributed by atoms with Crippen molar-refractivity contribution in [2.75, 3.05) is 17.2 Å². The van der Waals surface area contributed by atoms with Crippen LogP contribution in [-0.2, 0) is 21.0 Å². The summed E-state index contributed by atoms with van der Waals surface area (Å²) in [5.74, 6) is 0.557. The molecule has 1 saturated heterocycles. The first-order valence-corrected chi connectivity index (χ1v) is 10.8. The van der Waals surface area contributed by atoms with Crippen LogP contribution in [0.15, 0.2) is 42.5 Å².